The Morgan fingerprint density at radius 3 is 2.92 bits per heavy atom. The van der Waals surface area contributed by atoms with E-state index in [1.54, 1.807) is 18.2 Å². The van der Waals surface area contributed by atoms with Crippen LogP contribution >= 0.6 is 15.9 Å². The van der Waals surface area contributed by atoms with Gasteiger partial charge in [0, 0.05) is 6.08 Å². The molecule has 0 atom stereocenters. The van der Waals surface area contributed by atoms with Crippen molar-refractivity contribution >= 4 is 21.9 Å². The Bertz CT molecular complexity index is 313. The monoisotopic (exact) mass is 244 g/mol. The maximum atomic E-state index is 10.9. The number of ether oxygens (including phenoxy) is 1. The molecular formula is C9H9BrO3. The Labute approximate surface area is 84.5 Å². The summed E-state index contributed by atoms with van der Waals surface area (Å²) >= 11 is 3.05. The van der Waals surface area contributed by atoms with Crippen LogP contribution in [0.2, 0.25) is 0 Å². The van der Waals surface area contributed by atoms with Crippen LogP contribution in [0.1, 0.15) is 6.92 Å². The highest BCUT2D eigenvalue weighted by Crippen LogP contribution is 2.22. The molecule has 0 radical (unpaired) electrons. The molecule has 4 heteroatoms. The third-order valence-electron chi connectivity index (χ3n) is 1.46. The maximum absolute atomic E-state index is 10.9. The summed E-state index contributed by atoms with van der Waals surface area (Å²) in [4.78, 5) is 10.9. The number of rotatable bonds is 2. The Balaban J connectivity index is 2.76. The lowest BCUT2D eigenvalue weighted by molar-refractivity contribution is -0.132. The normalized spacial score (nSPS) is 20.5. The fourth-order valence-corrected chi connectivity index (χ4v) is 1.17. The van der Waals surface area contributed by atoms with E-state index in [0.717, 1.165) is 5.57 Å². The SMILES string of the molecule is CC(/C=C1/C=C(Br)C(=O)O1)=C\CO. The van der Waals surface area contributed by atoms with Crippen LogP contribution in [0.25, 0.3) is 0 Å². The summed E-state index contributed by atoms with van der Waals surface area (Å²) in [6, 6.07) is 0. The predicted octanol–water partition coefficient (Wildman–Crippen LogP) is 1.64. The number of carbonyl (C=O) groups is 1. The summed E-state index contributed by atoms with van der Waals surface area (Å²) in [5.41, 5.74) is 0.851. The fourth-order valence-electron chi connectivity index (χ4n) is 0.868. The van der Waals surface area contributed by atoms with Gasteiger partial charge in [-0.1, -0.05) is 6.08 Å². The minimum Gasteiger partial charge on any atom is -0.422 e. The van der Waals surface area contributed by atoms with Crippen LogP contribution in [-0.4, -0.2) is 17.7 Å². The molecule has 3 nitrogen and oxygen atoms in total. The molecule has 0 amide bonds. The fraction of sp³-hybridized carbons (Fsp3) is 0.222. The van der Waals surface area contributed by atoms with Crippen LogP contribution in [0.3, 0.4) is 0 Å². The van der Waals surface area contributed by atoms with Crippen molar-refractivity contribution in [3.8, 4) is 0 Å². The molecule has 1 heterocycles. The van der Waals surface area contributed by atoms with Crippen LogP contribution in [0.15, 0.2) is 34.0 Å². The van der Waals surface area contributed by atoms with Crippen molar-refractivity contribution in [2.24, 2.45) is 0 Å². The van der Waals surface area contributed by atoms with E-state index in [2.05, 4.69) is 15.9 Å². The van der Waals surface area contributed by atoms with Gasteiger partial charge in [-0.2, -0.15) is 0 Å². The molecule has 0 aromatic rings. The number of halogens is 1. The second-order valence-electron chi connectivity index (χ2n) is 2.56. The Kier molecular flexibility index (Phi) is 3.45. The van der Waals surface area contributed by atoms with Crippen molar-refractivity contribution in [2.45, 2.75) is 6.92 Å². The largest absolute Gasteiger partial charge is 0.422 e. The van der Waals surface area contributed by atoms with Crippen LogP contribution in [0, 0.1) is 0 Å². The van der Waals surface area contributed by atoms with Crippen molar-refractivity contribution < 1.29 is 14.6 Å². The Hall–Kier alpha value is -0.870. The van der Waals surface area contributed by atoms with Crippen molar-refractivity contribution in [3.05, 3.63) is 34.0 Å². The first-order valence-corrected chi connectivity index (χ1v) is 4.51. The maximum Gasteiger partial charge on any atom is 0.350 e. The zero-order chi connectivity index (χ0) is 9.84. The van der Waals surface area contributed by atoms with Crippen LogP contribution in [0.5, 0.6) is 0 Å². The molecule has 0 spiro atoms. The van der Waals surface area contributed by atoms with Crippen LogP contribution in [0.4, 0.5) is 0 Å². The third kappa shape index (κ3) is 2.82. The average molecular weight is 245 g/mol. The van der Waals surface area contributed by atoms with Crippen molar-refractivity contribution in [2.75, 3.05) is 6.61 Å². The minimum atomic E-state index is -0.386. The highest BCUT2D eigenvalue weighted by atomic mass is 79.9. The molecular weight excluding hydrogens is 236 g/mol. The van der Waals surface area contributed by atoms with Crippen LogP contribution < -0.4 is 0 Å². The van der Waals surface area contributed by atoms with E-state index in [0.29, 0.717) is 10.2 Å². The number of hydrogen-bond donors (Lipinski definition) is 1. The first-order valence-electron chi connectivity index (χ1n) is 3.72. The molecule has 13 heavy (non-hydrogen) atoms. The van der Waals surface area contributed by atoms with Gasteiger partial charge >= 0.3 is 5.97 Å². The molecule has 0 saturated heterocycles. The second kappa shape index (κ2) is 4.39. The molecule has 1 aliphatic heterocycles. The first-order chi connectivity index (χ1) is 6.13. The van der Waals surface area contributed by atoms with E-state index in [-0.39, 0.29) is 12.6 Å². The molecule has 1 N–H and O–H groups in total. The van der Waals surface area contributed by atoms with Gasteiger partial charge in [-0.25, -0.2) is 4.79 Å². The van der Waals surface area contributed by atoms with Gasteiger partial charge in [0.05, 0.1) is 6.61 Å². The molecule has 0 saturated carbocycles. The molecule has 0 unspecified atom stereocenters. The smallest absolute Gasteiger partial charge is 0.350 e. The zero-order valence-corrected chi connectivity index (χ0v) is 8.67. The number of cyclic esters (lactones) is 1. The van der Waals surface area contributed by atoms with E-state index < -0.39 is 0 Å². The first kappa shape index (κ1) is 10.2. The third-order valence-corrected chi connectivity index (χ3v) is 2.01. The number of hydrogen-bond acceptors (Lipinski definition) is 3. The summed E-state index contributed by atoms with van der Waals surface area (Å²) in [6.07, 6.45) is 4.90. The van der Waals surface area contributed by atoms with Gasteiger partial charge in [-0.05, 0) is 34.5 Å². The van der Waals surface area contributed by atoms with E-state index in [9.17, 15) is 4.79 Å². The molecule has 70 valence electrons. The lowest BCUT2D eigenvalue weighted by Crippen LogP contribution is -1.93. The number of carbonyl (C=O) groups excluding carboxylic acids is 1. The standard InChI is InChI=1S/C9H9BrO3/c1-6(2-3-11)4-7-5-8(10)9(12)13-7/h2,4-5,11H,3H2,1H3/b6-2+,7-4-. The van der Waals surface area contributed by atoms with Gasteiger partial charge in [0.15, 0.2) is 0 Å². The van der Waals surface area contributed by atoms with Crippen LogP contribution in [-0.2, 0) is 9.53 Å². The molecule has 0 bridgehead atoms. The van der Waals surface area contributed by atoms with Crippen molar-refractivity contribution in [3.63, 3.8) is 0 Å². The Morgan fingerprint density at radius 1 is 1.77 bits per heavy atom. The summed E-state index contributed by atoms with van der Waals surface area (Å²) in [7, 11) is 0. The van der Waals surface area contributed by atoms with Crippen molar-refractivity contribution in [1.29, 1.82) is 0 Å². The predicted molar refractivity (Wildman–Crippen MR) is 52.0 cm³/mol. The van der Waals surface area contributed by atoms with Gasteiger partial charge in [-0.3, -0.25) is 0 Å². The quantitative estimate of drug-likeness (QED) is 0.752. The highest BCUT2D eigenvalue weighted by Gasteiger charge is 2.17. The molecule has 0 fully saturated rings. The zero-order valence-electron chi connectivity index (χ0n) is 7.08. The lowest BCUT2D eigenvalue weighted by atomic mass is 10.2. The molecule has 0 aromatic heterocycles. The summed E-state index contributed by atoms with van der Waals surface area (Å²) < 4.78 is 5.26. The van der Waals surface area contributed by atoms with E-state index in [1.165, 1.54) is 0 Å². The molecule has 0 aliphatic carbocycles. The van der Waals surface area contributed by atoms with Crippen molar-refractivity contribution in [1.82, 2.24) is 0 Å². The molecule has 1 aliphatic rings. The van der Waals surface area contributed by atoms with Gasteiger partial charge < -0.3 is 9.84 Å². The second-order valence-corrected chi connectivity index (χ2v) is 3.41. The number of aliphatic hydroxyl groups excluding tert-OH is 1. The molecule has 1 rings (SSSR count). The van der Waals surface area contributed by atoms with Gasteiger partial charge in [-0.15, -0.1) is 0 Å². The minimum absolute atomic E-state index is 0.0194. The van der Waals surface area contributed by atoms with Gasteiger partial charge in [0.1, 0.15) is 10.2 Å². The number of aliphatic hydroxyl groups is 1. The summed E-state index contributed by atoms with van der Waals surface area (Å²) in [5, 5.41) is 8.58. The van der Waals surface area contributed by atoms with E-state index >= 15 is 0 Å². The highest BCUT2D eigenvalue weighted by molar-refractivity contribution is 9.12. The number of esters is 1. The molecule has 0 aromatic carbocycles. The van der Waals surface area contributed by atoms with E-state index in [4.69, 9.17) is 9.84 Å². The van der Waals surface area contributed by atoms with Gasteiger partial charge in [0.2, 0.25) is 0 Å². The summed E-state index contributed by atoms with van der Waals surface area (Å²) in [6.45, 7) is 1.80. The van der Waals surface area contributed by atoms with E-state index in [1.807, 2.05) is 6.92 Å². The number of allylic oxidation sites excluding steroid dienone is 3. The Morgan fingerprint density at radius 2 is 2.46 bits per heavy atom. The average Bonchev–Trinajstić information content (AvgIpc) is 2.31. The lowest BCUT2D eigenvalue weighted by Gasteiger charge is -1.95. The topological polar surface area (TPSA) is 46.5 Å². The van der Waals surface area contributed by atoms with Gasteiger partial charge in [0.25, 0.3) is 0 Å². The summed E-state index contributed by atoms with van der Waals surface area (Å²) in [5.74, 6) is 0.0992.